The number of rotatable bonds is 9. The fourth-order valence-corrected chi connectivity index (χ4v) is 3.59. The Morgan fingerprint density at radius 1 is 1.04 bits per heavy atom. The number of carbonyl (C=O) groups is 2. The van der Waals surface area contributed by atoms with E-state index < -0.39 is 6.04 Å². The van der Waals surface area contributed by atoms with Gasteiger partial charge in [-0.3, -0.25) is 9.59 Å². The van der Waals surface area contributed by atoms with Gasteiger partial charge in [-0.2, -0.15) is 0 Å². The summed E-state index contributed by atoms with van der Waals surface area (Å²) >= 11 is 1.68. The Morgan fingerprint density at radius 3 is 2.14 bits per heavy atom. The zero-order valence-corrected chi connectivity index (χ0v) is 17.8. The number of ether oxygens (including phenoxy) is 2. The predicted octanol–water partition coefficient (Wildman–Crippen LogP) is 3.40. The molecular formula is C21H28N2O4S. The van der Waals surface area contributed by atoms with E-state index in [0.717, 1.165) is 11.3 Å². The molecule has 1 heterocycles. The van der Waals surface area contributed by atoms with Crippen LogP contribution in [0.25, 0.3) is 0 Å². The van der Waals surface area contributed by atoms with Gasteiger partial charge in [-0.15, -0.1) is 11.3 Å². The quantitative estimate of drug-likeness (QED) is 0.672. The Bertz CT molecular complexity index is 794. The first kappa shape index (κ1) is 21.8. The smallest absolute Gasteiger partial charge is 0.252 e. The minimum atomic E-state index is -0.643. The van der Waals surface area contributed by atoms with Gasteiger partial charge in [0.1, 0.15) is 17.5 Å². The van der Waals surface area contributed by atoms with Crippen LogP contribution in [0.4, 0.5) is 0 Å². The second kappa shape index (κ2) is 10.1. The molecule has 1 aromatic carbocycles. The molecular weight excluding hydrogens is 376 g/mol. The van der Waals surface area contributed by atoms with E-state index in [1.807, 2.05) is 19.9 Å². The molecule has 0 bridgehead atoms. The molecule has 0 spiro atoms. The number of aryl methyl sites for hydroxylation is 1. The molecule has 152 valence electrons. The third-order valence-corrected chi connectivity index (χ3v) is 5.58. The molecule has 0 saturated carbocycles. The van der Waals surface area contributed by atoms with Crippen molar-refractivity contribution < 1.29 is 19.1 Å². The fourth-order valence-electron chi connectivity index (χ4n) is 2.69. The second-order valence-electron chi connectivity index (χ2n) is 6.74. The van der Waals surface area contributed by atoms with E-state index in [9.17, 15) is 9.59 Å². The number of methoxy groups -OCH3 is 2. The van der Waals surface area contributed by atoms with Crippen molar-refractivity contribution in [2.45, 2.75) is 39.8 Å². The highest BCUT2D eigenvalue weighted by Gasteiger charge is 2.25. The van der Waals surface area contributed by atoms with Crippen molar-refractivity contribution in [3.05, 3.63) is 45.6 Å². The van der Waals surface area contributed by atoms with Gasteiger partial charge in [-0.25, -0.2) is 0 Å². The van der Waals surface area contributed by atoms with Crippen LogP contribution >= 0.6 is 11.3 Å². The van der Waals surface area contributed by atoms with Gasteiger partial charge >= 0.3 is 0 Å². The van der Waals surface area contributed by atoms with Crippen molar-refractivity contribution in [3.8, 4) is 11.5 Å². The van der Waals surface area contributed by atoms with Crippen LogP contribution in [0, 0.1) is 5.92 Å². The van der Waals surface area contributed by atoms with E-state index in [-0.39, 0.29) is 17.7 Å². The SMILES string of the molecule is CCc1ccc(CNC(=O)[C@H](NC(=O)c2cc(OC)cc(OC)c2)C(C)C)s1. The highest BCUT2D eigenvalue weighted by molar-refractivity contribution is 7.11. The third-order valence-electron chi connectivity index (χ3n) is 4.35. The summed E-state index contributed by atoms with van der Waals surface area (Å²) in [5.74, 6) is 0.407. The van der Waals surface area contributed by atoms with E-state index in [2.05, 4.69) is 23.6 Å². The lowest BCUT2D eigenvalue weighted by Gasteiger charge is -2.22. The normalized spacial score (nSPS) is 11.8. The summed E-state index contributed by atoms with van der Waals surface area (Å²) in [6, 6.07) is 8.38. The zero-order valence-electron chi connectivity index (χ0n) is 17.0. The van der Waals surface area contributed by atoms with Crippen molar-refractivity contribution >= 4 is 23.2 Å². The molecule has 2 aromatic rings. The minimum absolute atomic E-state index is 0.0639. The summed E-state index contributed by atoms with van der Waals surface area (Å²) in [5.41, 5.74) is 0.375. The van der Waals surface area contributed by atoms with Crippen molar-refractivity contribution in [3.63, 3.8) is 0 Å². The molecule has 2 amide bonds. The average Bonchev–Trinajstić information content (AvgIpc) is 3.17. The number of hydrogen-bond acceptors (Lipinski definition) is 5. The topological polar surface area (TPSA) is 76.7 Å². The Kier molecular flexibility index (Phi) is 7.87. The summed E-state index contributed by atoms with van der Waals surface area (Å²) in [6.07, 6.45) is 0.979. The molecule has 2 N–H and O–H groups in total. The molecule has 1 atom stereocenters. The van der Waals surface area contributed by atoms with Crippen LogP contribution in [0.2, 0.25) is 0 Å². The molecule has 0 aliphatic carbocycles. The highest BCUT2D eigenvalue weighted by Crippen LogP contribution is 2.23. The minimum Gasteiger partial charge on any atom is -0.497 e. The van der Waals surface area contributed by atoms with Crippen molar-refractivity contribution in [1.29, 1.82) is 0 Å². The van der Waals surface area contributed by atoms with Gasteiger partial charge in [0.15, 0.2) is 0 Å². The van der Waals surface area contributed by atoms with E-state index in [1.54, 1.807) is 29.5 Å². The number of carbonyl (C=O) groups excluding carboxylic acids is 2. The molecule has 0 saturated heterocycles. The lowest BCUT2D eigenvalue weighted by atomic mass is 10.0. The first-order valence-electron chi connectivity index (χ1n) is 9.27. The Balaban J connectivity index is 2.06. The Morgan fingerprint density at radius 2 is 1.64 bits per heavy atom. The molecule has 0 aliphatic rings. The molecule has 0 unspecified atom stereocenters. The van der Waals surface area contributed by atoms with Crippen LogP contribution in [-0.2, 0) is 17.8 Å². The Hall–Kier alpha value is -2.54. The van der Waals surface area contributed by atoms with Gasteiger partial charge in [-0.05, 0) is 36.6 Å². The molecule has 0 radical (unpaired) electrons. The first-order chi connectivity index (χ1) is 13.4. The zero-order chi connectivity index (χ0) is 20.7. The van der Waals surface area contributed by atoms with Crippen molar-refractivity contribution in [2.75, 3.05) is 14.2 Å². The van der Waals surface area contributed by atoms with Crippen LogP contribution < -0.4 is 20.1 Å². The summed E-state index contributed by atoms with van der Waals surface area (Å²) in [6.45, 7) is 6.36. The van der Waals surface area contributed by atoms with Crippen molar-refractivity contribution in [2.24, 2.45) is 5.92 Å². The third kappa shape index (κ3) is 5.73. The lowest BCUT2D eigenvalue weighted by molar-refractivity contribution is -0.124. The number of hydrogen-bond donors (Lipinski definition) is 2. The molecule has 7 heteroatoms. The lowest BCUT2D eigenvalue weighted by Crippen LogP contribution is -2.49. The Labute approximate surface area is 170 Å². The standard InChI is InChI=1S/C21H28N2O4S/c1-6-17-7-8-18(28-17)12-22-21(25)19(13(2)3)23-20(24)14-9-15(26-4)11-16(10-14)27-5/h7-11,13,19H,6,12H2,1-5H3,(H,22,25)(H,23,24)/t19-/m1/s1. The van der Waals surface area contributed by atoms with E-state index >= 15 is 0 Å². The first-order valence-corrected chi connectivity index (χ1v) is 10.1. The maximum Gasteiger partial charge on any atom is 0.252 e. The summed E-state index contributed by atoms with van der Waals surface area (Å²) in [5, 5.41) is 5.76. The van der Waals surface area contributed by atoms with E-state index in [1.165, 1.54) is 19.1 Å². The number of benzene rings is 1. The van der Waals surface area contributed by atoms with Gasteiger partial charge in [-0.1, -0.05) is 20.8 Å². The largest absolute Gasteiger partial charge is 0.497 e. The van der Waals surface area contributed by atoms with Crippen LogP contribution in [0.15, 0.2) is 30.3 Å². The summed E-state index contributed by atoms with van der Waals surface area (Å²) < 4.78 is 10.4. The fraction of sp³-hybridized carbons (Fsp3) is 0.429. The highest BCUT2D eigenvalue weighted by atomic mass is 32.1. The average molecular weight is 405 g/mol. The summed E-state index contributed by atoms with van der Waals surface area (Å²) in [7, 11) is 3.05. The van der Waals surface area contributed by atoms with Crippen LogP contribution in [0.5, 0.6) is 11.5 Å². The molecule has 0 aliphatic heterocycles. The van der Waals surface area contributed by atoms with E-state index in [4.69, 9.17) is 9.47 Å². The molecule has 6 nitrogen and oxygen atoms in total. The van der Waals surface area contributed by atoms with Gasteiger partial charge in [0, 0.05) is 21.4 Å². The van der Waals surface area contributed by atoms with Gasteiger partial charge in [0.25, 0.3) is 5.91 Å². The number of amides is 2. The van der Waals surface area contributed by atoms with Gasteiger partial charge in [0.05, 0.1) is 20.8 Å². The second-order valence-corrected chi connectivity index (χ2v) is 7.99. The summed E-state index contributed by atoms with van der Waals surface area (Å²) in [4.78, 5) is 27.8. The maximum atomic E-state index is 12.7. The van der Waals surface area contributed by atoms with Gasteiger partial charge in [0.2, 0.25) is 5.91 Å². The van der Waals surface area contributed by atoms with Crippen LogP contribution in [0.3, 0.4) is 0 Å². The monoisotopic (exact) mass is 404 g/mol. The van der Waals surface area contributed by atoms with Crippen LogP contribution in [0.1, 0.15) is 40.9 Å². The molecule has 2 rings (SSSR count). The van der Waals surface area contributed by atoms with Crippen LogP contribution in [-0.4, -0.2) is 32.1 Å². The van der Waals surface area contributed by atoms with Gasteiger partial charge < -0.3 is 20.1 Å². The number of thiophene rings is 1. The maximum absolute atomic E-state index is 12.7. The van der Waals surface area contributed by atoms with Crippen molar-refractivity contribution in [1.82, 2.24) is 10.6 Å². The molecule has 28 heavy (non-hydrogen) atoms. The van der Waals surface area contributed by atoms with E-state index in [0.29, 0.717) is 23.6 Å². The number of nitrogens with one attached hydrogen (secondary N) is 2. The molecule has 1 aromatic heterocycles. The molecule has 0 fully saturated rings. The predicted molar refractivity (Wildman–Crippen MR) is 111 cm³/mol.